The molecule has 13 heteroatoms. The van der Waals surface area contributed by atoms with Crippen LogP contribution in [0.5, 0.6) is 5.88 Å². The minimum atomic E-state index is -4.70. The normalized spacial score (nSPS) is 12.7. The molecule has 0 aliphatic rings. The Kier molecular flexibility index (Phi) is 5.75. The number of aryl methyl sites for hydroxylation is 1. The molecule has 0 aliphatic heterocycles. The second kappa shape index (κ2) is 7.49. The molecule has 1 aromatic carbocycles. The third-order valence-electron chi connectivity index (χ3n) is 3.23. The largest absolute Gasteiger partial charge is 0.492 e. The van der Waals surface area contributed by atoms with E-state index in [1.165, 1.54) is 36.0 Å². The number of nitrogens with zero attached hydrogens (tertiary/aromatic N) is 4. The second-order valence-electron chi connectivity index (χ2n) is 5.03. The van der Waals surface area contributed by atoms with E-state index in [0.717, 1.165) is 0 Å². The van der Waals surface area contributed by atoms with Crippen molar-refractivity contribution < 1.29 is 30.7 Å². The van der Waals surface area contributed by atoms with E-state index in [1.807, 2.05) is 0 Å². The zero-order valence-electron chi connectivity index (χ0n) is 13.8. The van der Waals surface area contributed by atoms with Crippen molar-refractivity contribution in [2.45, 2.75) is 11.8 Å². The second-order valence-corrected chi connectivity index (χ2v) is 8.23. The molecule has 0 atom stereocenters. The molecule has 0 bridgehead atoms. The van der Waals surface area contributed by atoms with E-state index in [9.17, 15) is 21.9 Å². The first-order valence-electron chi connectivity index (χ1n) is 7.08. The van der Waals surface area contributed by atoms with Crippen LogP contribution in [0.25, 0.3) is 5.69 Å². The summed E-state index contributed by atoms with van der Waals surface area (Å²) in [6.07, 6.45) is 0. The van der Waals surface area contributed by atoms with Gasteiger partial charge in [-0.3, -0.25) is 4.55 Å². The monoisotopic (exact) mass is 404 g/mol. The van der Waals surface area contributed by atoms with Gasteiger partial charge in [0, 0.05) is 7.05 Å². The number of benzene rings is 1. The lowest BCUT2D eigenvalue weighted by Gasteiger charge is -2.07. The molecule has 1 aromatic heterocycles. The van der Waals surface area contributed by atoms with Gasteiger partial charge in [-0.1, -0.05) is 0 Å². The van der Waals surface area contributed by atoms with E-state index in [4.69, 9.17) is 4.55 Å². The SMILES string of the molecule is C/N=N/c1c(C)nn(-c2ccc(S(=O)(=O)CCOS(=O)(=O)O)cc2)c1O. The van der Waals surface area contributed by atoms with Crippen LogP contribution in [0.1, 0.15) is 5.69 Å². The lowest BCUT2D eigenvalue weighted by Crippen LogP contribution is -2.15. The van der Waals surface area contributed by atoms with Gasteiger partial charge in [0.1, 0.15) is 0 Å². The van der Waals surface area contributed by atoms with Gasteiger partial charge in [0.25, 0.3) is 0 Å². The van der Waals surface area contributed by atoms with E-state index in [0.29, 0.717) is 11.4 Å². The summed E-state index contributed by atoms with van der Waals surface area (Å²) in [6.45, 7) is 0.918. The first kappa shape index (κ1) is 20.0. The Labute approximate surface area is 149 Å². The predicted molar refractivity (Wildman–Crippen MR) is 90.0 cm³/mol. The number of rotatable bonds is 7. The van der Waals surface area contributed by atoms with Crippen LogP contribution in [0.3, 0.4) is 0 Å². The minimum Gasteiger partial charge on any atom is -0.492 e. The molecule has 0 spiro atoms. The van der Waals surface area contributed by atoms with Crippen LogP contribution in [0.15, 0.2) is 39.4 Å². The molecule has 0 aliphatic carbocycles. The van der Waals surface area contributed by atoms with Crippen molar-refractivity contribution in [1.82, 2.24) is 9.78 Å². The van der Waals surface area contributed by atoms with E-state index in [2.05, 4.69) is 19.5 Å². The number of azo groups is 1. The maximum atomic E-state index is 12.1. The fraction of sp³-hybridized carbons (Fsp3) is 0.308. The topological polar surface area (TPSA) is 161 Å². The first-order valence-corrected chi connectivity index (χ1v) is 10.1. The zero-order valence-corrected chi connectivity index (χ0v) is 15.4. The first-order chi connectivity index (χ1) is 12.0. The third-order valence-corrected chi connectivity index (χ3v) is 5.39. The van der Waals surface area contributed by atoms with Crippen LogP contribution in [-0.2, 0) is 24.4 Å². The lowest BCUT2D eigenvalue weighted by atomic mass is 10.3. The summed E-state index contributed by atoms with van der Waals surface area (Å²) in [5.41, 5.74) is 1.02. The summed E-state index contributed by atoms with van der Waals surface area (Å²) in [7, 11) is -7.09. The van der Waals surface area contributed by atoms with E-state index in [-0.39, 0.29) is 16.5 Å². The molecule has 142 valence electrons. The molecule has 0 unspecified atom stereocenters. The Balaban J connectivity index is 2.24. The lowest BCUT2D eigenvalue weighted by molar-refractivity contribution is 0.284. The number of aromatic nitrogens is 2. The molecule has 0 fully saturated rings. The van der Waals surface area contributed by atoms with Crippen molar-refractivity contribution in [2.24, 2.45) is 10.2 Å². The van der Waals surface area contributed by atoms with E-state index in [1.54, 1.807) is 6.92 Å². The van der Waals surface area contributed by atoms with Crippen molar-refractivity contribution in [3.8, 4) is 11.6 Å². The Morgan fingerprint density at radius 2 is 1.81 bits per heavy atom. The molecule has 0 amide bonds. The molecule has 11 nitrogen and oxygen atoms in total. The van der Waals surface area contributed by atoms with Crippen LogP contribution in [-0.4, -0.2) is 55.7 Å². The van der Waals surface area contributed by atoms with Crippen molar-refractivity contribution in [3.63, 3.8) is 0 Å². The maximum Gasteiger partial charge on any atom is 0.397 e. The molecule has 1 heterocycles. The average Bonchev–Trinajstić information content (AvgIpc) is 2.82. The van der Waals surface area contributed by atoms with Crippen LogP contribution in [0.4, 0.5) is 5.69 Å². The number of aromatic hydroxyl groups is 1. The van der Waals surface area contributed by atoms with Gasteiger partial charge in [0.2, 0.25) is 5.88 Å². The predicted octanol–water partition coefficient (Wildman–Crippen LogP) is 1.19. The maximum absolute atomic E-state index is 12.1. The van der Waals surface area contributed by atoms with Gasteiger partial charge in [-0.2, -0.15) is 23.3 Å². The van der Waals surface area contributed by atoms with E-state index < -0.39 is 32.6 Å². The summed E-state index contributed by atoms with van der Waals surface area (Å²) >= 11 is 0. The summed E-state index contributed by atoms with van der Waals surface area (Å²) in [5.74, 6) is -0.885. The highest BCUT2D eigenvalue weighted by Gasteiger charge is 2.18. The van der Waals surface area contributed by atoms with Gasteiger partial charge < -0.3 is 5.11 Å². The molecular formula is C13H16N4O7S2. The highest BCUT2D eigenvalue weighted by atomic mass is 32.3. The van der Waals surface area contributed by atoms with Gasteiger partial charge in [-0.15, -0.1) is 5.11 Å². The van der Waals surface area contributed by atoms with Gasteiger partial charge in [-0.25, -0.2) is 12.6 Å². The molecule has 2 N–H and O–H groups in total. The van der Waals surface area contributed by atoms with Gasteiger partial charge in [-0.05, 0) is 31.2 Å². The molecule has 0 saturated heterocycles. The molecule has 0 radical (unpaired) electrons. The fourth-order valence-electron chi connectivity index (χ4n) is 2.07. The Hall–Kier alpha value is -2.35. The Bertz CT molecular complexity index is 1030. The molecule has 2 rings (SSSR count). The van der Waals surface area contributed by atoms with E-state index >= 15 is 0 Å². The summed E-state index contributed by atoms with van der Waals surface area (Å²) in [4.78, 5) is -0.0861. The van der Waals surface area contributed by atoms with Crippen molar-refractivity contribution in [2.75, 3.05) is 19.4 Å². The van der Waals surface area contributed by atoms with Crippen molar-refractivity contribution in [1.29, 1.82) is 0 Å². The number of hydrogen-bond acceptors (Lipinski definition) is 9. The fourth-order valence-corrected chi connectivity index (χ4v) is 3.55. The van der Waals surface area contributed by atoms with Crippen LogP contribution in [0.2, 0.25) is 0 Å². The van der Waals surface area contributed by atoms with Gasteiger partial charge in [0.15, 0.2) is 15.5 Å². The summed E-state index contributed by atoms with van der Waals surface area (Å²) in [5, 5.41) is 21.6. The molecule has 2 aromatic rings. The average molecular weight is 404 g/mol. The molecule has 0 saturated carbocycles. The smallest absolute Gasteiger partial charge is 0.397 e. The number of hydrogen-bond donors (Lipinski definition) is 2. The van der Waals surface area contributed by atoms with Crippen LogP contribution in [0, 0.1) is 6.92 Å². The van der Waals surface area contributed by atoms with Gasteiger partial charge in [0.05, 0.1) is 28.6 Å². The molecular weight excluding hydrogens is 388 g/mol. The molecule has 26 heavy (non-hydrogen) atoms. The third kappa shape index (κ3) is 4.63. The Morgan fingerprint density at radius 3 is 2.35 bits per heavy atom. The van der Waals surface area contributed by atoms with Crippen molar-refractivity contribution >= 4 is 25.9 Å². The highest BCUT2D eigenvalue weighted by molar-refractivity contribution is 7.91. The van der Waals surface area contributed by atoms with Crippen molar-refractivity contribution in [3.05, 3.63) is 30.0 Å². The summed E-state index contributed by atoms with van der Waals surface area (Å²) < 4.78 is 58.8. The zero-order chi connectivity index (χ0) is 19.5. The van der Waals surface area contributed by atoms with Crippen LogP contribution < -0.4 is 0 Å². The standard InChI is InChI=1S/C13H16N4O7S2/c1-9-12(15-14-2)13(18)17(16-9)10-3-5-11(6-4-10)25(19,20)8-7-24-26(21,22)23/h3-6,18H,7-8H2,1-2H3,(H,21,22,23)/b15-14+. The quantitative estimate of drug-likeness (QED) is 0.514. The minimum absolute atomic E-state index is 0.0861. The summed E-state index contributed by atoms with van der Waals surface area (Å²) in [6, 6.07) is 5.37. The highest BCUT2D eigenvalue weighted by Crippen LogP contribution is 2.32. The Morgan fingerprint density at radius 1 is 1.19 bits per heavy atom. The number of sulfone groups is 1. The van der Waals surface area contributed by atoms with Gasteiger partial charge >= 0.3 is 10.4 Å². The van der Waals surface area contributed by atoms with Crippen LogP contribution >= 0.6 is 0 Å².